The fourth-order valence-corrected chi connectivity index (χ4v) is 5.51. The Hall–Kier alpha value is -1.89. The number of para-hydroxylation sites is 1. The number of nitrogens with zero attached hydrogens (tertiary/aromatic N) is 3. The van der Waals surface area contributed by atoms with Crippen LogP contribution >= 0.6 is 0 Å². The van der Waals surface area contributed by atoms with Crippen molar-refractivity contribution < 1.29 is 9.53 Å². The lowest BCUT2D eigenvalue weighted by atomic mass is 10.1. The van der Waals surface area contributed by atoms with E-state index >= 15 is 0 Å². The third kappa shape index (κ3) is 4.13. The van der Waals surface area contributed by atoms with Crippen molar-refractivity contribution in [3.63, 3.8) is 0 Å². The van der Waals surface area contributed by atoms with Crippen LogP contribution in [-0.2, 0) is 22.6 Å². The van der Waals surface area contributed by atoms with Crippen molar-refractivity contribution in [3.8, 4) is 0 Å². The highest BCUT2D eigenvalue weighted by molar-refractivity contribution is 5.86. The number of carbonyl (C=O) groups excluding carboxylic acids is 1. The summed E-state index contributed by atoms with van der Waals surface area (Å²) in [5.41, 5.74) is 2.47. The highest BCUT2D eigenvalue weighted by Crippen LogP contribution is 2.28. The van der Waals surface area contributed by atoms with Gasteiger partial charge in [0, 0.05) is 62.0 Å². The van der Waals surface area contributed by atoms with E-state index in [2.05, 4.69) is 57.1 Å². The molecular formula is C24H34N4O2. The topological polar surface area (TPSA) is 49.7 Å². The van der Waals surface area contributed by atoms with Gasteiger partial charge >= 0.3 is 0 Å². The molecule has 6 nitrogen and oxygen atoms in total. The van der Waals surface area contributed by atoms with Crippen LogP contribution in [0.1, 0.15) is 38.2 Å². The second-order valence-electron chi connectivity index (χ2n) is 9.31. The maximum Gasteiger partial charge on any atom is 0.240 e. The molecular weight excluding hydrogens is 376 g/mol. The molecule has 3 atom stereocenters. The molecule has 0 spiro atoms. The molecule has 0 aliphatic carbocycles. The molecule has 1 aromatic carbocycles. The van der Waals surface area contributed by atoms with Crippen molar-refractivity contribution in [2.75, 3.05) is 32.8 Å². The normalized spacial score (nSPS) is 27.6. The maximum absolute atomic E-state index is 12.6. The summed E-state index contributed by atoms with van der Waals surface area (Å²) in [7, 11) is 0. The highest BCUT2D eigenvalue weighted by atomic mass is 16.5. The van der Waals surface area contributed by atoms with Gasteiger partial charge < -0.3 is 14.6 Å². The Balaban J connectivity index is 1.29. The Morgan fingerprint density at radius 3 is 2.97 bits per heavy atom. The molecule has 3 fully saturated rings. The number of ether oxygens (including phenoxy) is 1. The number of piperazine rings is 1. The van der Waals surface area contributed by atoms with E-state index in [1.54, 1.807) is 0 Å². The van der Waals surface area contributed by atoms with E-state index in [-0.39, 0.29) is 12.0 Å². The van der Waals surface area contributed by atoms with Gasteiger partial charge in [-0.25, -0.2) is 0 Å². The molecule has 1 amide bonds. The van der Waals surface area contributed by atoms with Crippen LogP contribution in [0.2, 0.25) is 0 Å². The quantitative estimate of drug-likeness (QED) is 0.795. The summed E-state index contributed by atoms with van der Waals surface area (Å²) in [5.74, 6) is 0.0609. The molecule has 0 unspecified atom stereocenters. The standard InChI is InChI=1S/C24H34N4O2/c1-18-13-26-10-4-6-20(26)16-27(18)14-19-15-28(23-9-3-2-8-22(19)23)17-24(29)25-12-21-7-5-11-30-21/h2-3,8-9,15,18,20-21H,4-7,10-14,16-17H2,1H3,(H,25,29)/t18-,20-,21+/m1/s1. The average Bonchev–Trinajstić information content (AvgIpc) is 3.48. The Kier molecular flexibility index (Phi) is 5.81. The van der Waals surface area contributed by atoms with Gasteiger partial charge in [0.25, 0.3) is 0 Å². The van der Waals surface area contributed by atoms with E-state index in [0.717, 1.165) is 44.1 Å². The Bertz CT molecular complexity index is 888. The van der Waals surface area contributed by atoms with Crippen LogP contribution in [0.25, 0.3) is 10.9 Å². The van der Waals surface area contributed by atoms with Gasteiger partial charge in [0.2, 0.25) is 5.91 Å². The minimum Gasteiger partial charge on any atom is -0.376 e. The summed E-state index contributed by atoms with van der Waals surface area (Å²) in [6.07, 6.45) is 7.19. The molecule has 4 heterocycles. The van der Waals surface area contributed by atoms with Crippen molar-refractivity contribution in [2.24, 2.45) is 0 Å². The number of hydrogen-bond donors (Lipinski definition) is 1. The predicted molar refractivity (Wildman–Crippen MR) is 118 cm³/mol. The van der Waals surface area contributed by atoms with Crippen molar-refractivity contribution in [3.05, 3.63) is 36.0 Å². The lowest BCUT2D eigenvalue weighted by Gasteiger charge is -2.42. The first-order valence-corrected chi connectivity index (χ1v) is 11.6. The number of rotatable bonds is 6. The molecule has 2 aromatic rings. The Labute approximate surface area is 179 Å². The van der Waals surface area contributed by atoms with Gasteiger partial charge in [0.05, 0.1) is 6.10 Å². The Morgan fingerprint density at radius 2 is 2.10 bits per heavy atom. The highest BCUT2D eigenvalue weighted by Gasteiger charge is 2.34. The van der Waals surface area contributed by atoms with Gasteiger partial charge in [0.1, 0.15) is 6.54 Å². The molecule has 1 N–H and O–H groups in total. The monoisotopic (exact) mass is 410 g/mol. The van der Waals surface area contributed by atoms with E-state index in [1.165, 1.54) is 36.9 Å². The van der Waals surface area contributed by atoms with Gasteiger partial charge in [-0.2, -0.15) is 0 Å². The largest absolute Gasteiger partial charge is 0.376 e. The number of carbonyl (C=O) groups is 1. The van der Waals surface area contributed by atoms with Gasteiger partial charge in [0.15, 0.2) is 0 Å². The summed E-state index contributed by atoms with van der Waals surface area (Å²) >= 11 is 0. The van der Waals surface area contributed by atoms with Crippen molar-refractivity contribution >= 4 is 16.8 Å². The third-order valence-electron chi connectivity index (χ3n) is 7.18. The van der Waals surface area contributed by atoms with Crippen LogP contribution in [0.15, 0.2) is 30.5 Å². The first-order valence-electron chi connectivity index (χ1n) is 11.6. The molecule has 3 aliphatic heterocycles. The van der Waals surface area contributed by atoms with Crippen molar-refractivity contribution in [1.29, 1.82) is 0 Å². The zero-order chi connectivity index (χ0) is 20.5. The zero-order valence-electron chi connectivity index (χ0n) is 18.1. The van der Waals surface area contributed by atoms with Crippen LogP contribution in [0, 0.1) is 0 Å². The van der Waals surface area contributed by atoms with Crippen LogP contribution < -0.4 is 5.32 Å². The third-order valence-corrected chi connectivity index (χ3v) is 7.18. The molecule has 162 valence electrons. The fourth-order valence-electron chi connectivity index (χ4n) is 5.51. The minimum absolute atomic E-state index is 0.0609. The van der Waals surface area contributed by atoms with E-state index < -0.39 is 0 Å². The van der Waals surface area contributed by atoms with Crippen LogP contribution in [0.5, 0.6) is 0 Å². The number of aromatic nitrogens is 1. The fraction of sp³-hybridized carbons (Fsp3) is 0.625. The molecule has 3 aliphatic rings. The molecule has 3 saturated heterocycles. The van der Waals surface area contributed by atoms with Gasteiger partial charge in [-0.1, -0.05) is 18.2 Å². The summed E-state index contributed by atoms with van der Waals surface area (Å²) in [5, 5.41) is 4.33. The molecule has 5 rings (SSSR count). The second kappa shape index (κ2) is 8.69. The smallest absolute Gasteiger partial charge is 0.240 e. The lowest BCUT2D eigenvalue weighted by Crippen LogP contribution is -2.54. The summed E-state index contributed by atoms with van der Waals surface area (Å²) in [6.45, 7) is 8.70. The van der Waals surface area contributed by atoms with E-state index in [0.29, 0.717) is 19.1 Å². The first-order chi connectivity index (χ1) is 14.7. The zero-order valence-corrected chi connectivity index (χ0v) is 18.1. The summed E-state index contributed by atoms with van der Waals surface area (Å²) in [4.78, 5) is 17.9. The number of benzene rings is 1. The average molecular weight is 411 g/mol. The SMILES string of the molecule is C[C@@H]1CN2CCC[C@@H]2CN1Cc1cn(CC(=O)NC[C@@H]2CCCO2)c2ccccc12. The molecule has 0 bridgehead atoms. The van der Waals surface area contributed by atoms with E-state index in [1.807, 2.05) is 0 Å². The number of amides is 1. The van der Waals surface area contributed by atoms with Crippen molar-refractivity contribution in [1.82, 2.24) is 19.7 Å². The number of hydrogen-bond acceptors (Lipinski definition) is 4. The maximum atomic E-state index is 12.6. The van der Waals surface area contributed by atoms with Crippen molar-refractivity contribution in [2.45, 2.75) is 63.9 Å². The van der Waals surface area contributed by atoms with Gasteiger partial charge in [-0.3, -0.25) is 14.6 Å². The van der Waals surface area contributed by atoms with Crippen LogP contribution in [-0.4, -0.2) is 71.2 Å². The van der Waals surface area contributed by atoms with Crippen LogP contribution in [0.4, 0.5) is 0 Å². The second-order valence-corrected chi connectivity index (χ2v) is 9.31. The number of fused-ring (bicyclic) bond motifs is 2. The molecule has 0 saturated carbocycles. The van der Waals surface area contributed by atoms with E-state index in [4.69, 9.17) is 4.74 Å². The molecule has 0 radical (unpaired) electrons. The van der Waals surface area contributed by atoms with Gasteiger partial charge in [-0.15, -0.1) is 0 Å². The summed E-state index contributed by atoms with van der Waals surface area (Å²) < 4.78 is 7.74. The van der Waals surface area contributed by atoms with E-state index in [9.17, 15) is 4.79 Å². The molecule has 1 aromatic heterocycles. The minimum atomic E-state index is 0.0609. The van der Waals surface area contributed by atoms with Gasteiger partial charge in [-0.05, 0) is 50.8 Å². The number of nitrogens with one attached hydrogen (secondary N) is 1. The lowest BCUT2D eigenvalue weighted by molar-refractivity contribution is -0.122. The Morgan fingerprint density at radius 1 is 1.20 bits per heavy atom. The van der Waals surface area contributed by atoms with Crippen LogP contribution in [0.3, 0.4) is 0 Å². The molecule has 6 heteroatoms. The first kappa shape index (κ1) is 20.0. The molecule has 30 heavy (non-hydrogen) atoms. The predicted octanol–water partition coefficient (Wildman–Crippen LogP) is 2.61. The summed E-state index contributed by atoms with van der Waals surface area (Å²) in [6, 6.07) is 9.78.